The smallest absolute Gasteiger partial charge is 0.136 e. The van der Waals surface area contributed by atoms with Crippen LogP contribution in [0.2, 0.25) is 0 Å². The maximum atomic E-state index is 6.18. The molecule has 1 aliphatic rings. The lowest BCUT2D eigenvalue weighted by molar-refractivity contribution is 0.156. The van der Waals surface area contributed by atoms with E-state index in [1.807, 2.05) is 13.1 Å². The molecule has 2 atom stereocenters. The van der Waals surface area contributed by atoms with E-state index >= 15 is 0 Å². The molecular formula is C14H13Br2NOS. The number of hydrogen-bond donors (Lipinski definition) is 1. The number of hydrogen-bond acceptors (Lipinski definition) is 3. The normalized spacial score (nSPS) is 21.8. The number of halogens is 2. The molecule has 0 saturated heterocycles. The van der Waals surface area contributed by atoms with Crippen molar-refractivity contribution in [1.82, 2.24) is 5.32 Å². The van der Waals surface area contributed by atoms with Crippen LogP contribution in [-0.2, 0) is 0 Å². The lowest BCUT2D eigenvalue weighted by Gasteiger charge is -2.32. The van der Waals surface area contributed by atoms with Crippen LogP contribution in [0.15, 0.2) is 38.6 Å². The summed E-state index contributed by atoms with van der Waals surface area (Å²) >= 11 is 8.84. The van der Waals surface area contributed by atoms with Crippen molar-refractivity contribution in [3.05, 3.63) is 49.0 Å². The first-order valence-electron chi connectivity index (χ1n) is 6.05. The monoisotopic (exact) mass is 401 g/mol. The first kappa shape index (κ1) is 13.6. The first-order chi connectivity index (χ1) is 9.19. The number of nitrogens with one attached hydrogen (secondary N) is 1. The molecule has 5 heteroatoms. The fraction of sp³-hybridized carbons (Fsp3) is 0.286. The molecule has 19 heavy (non-hydrogen) atoms. The Hall–Kier alpha value is -0.360. The molecule has 100 valence electrons. The lowest BCUT2D eigenvalue weighted by Crippen LogP contribution is -2.26. The summed E-state index contributed by atoms with van der Waals surface area (Å²) in [6.45, 7) is 0. The zero-order valence-corrected chi connectivity index (χ0v) is 14.3. The topological polar surface area (TPSA) is 21.3 Å². The summed E-state index contributed by atoms with van der Waals surface area (Å²) in [5.74, 6) is 0.963. The second kappa shape index (κ2) is 5.56. The van der Waals surface area contributed by atoms with Gasteiger partial charge in [-0.1, -0.05) is 22.0 Å². The Labute approximate surface area is 133 Å². The van der Waals surface area contributed by atoms with Gasteiger partial charge in [0.25, 0.3) is 0 Å². The molecule has 0 radical (unpaired) electrons. The van der Waals surface area contributed by atoms with Crippen LogP contribution >= 0.6 is 43.2 Å². The zero-order valence-electron chi connectivity index (χ0n) is 10.3. The Bertz CT molecular complexity index is 599. The summed E-state index contributed by atoms with van der Waals surface area (Å²) in [5.41, 5.74) is 1.23. The molecule has 1 aromatic carbocycles. The summed E-state index contributed by atoms with van der Waals surface area (Å²) in [4.78, 5) is 1.26. The van der Waals surface area contributed by atoms with Crippen LogP contribution in [0.5, 0.6) is 5.75 Å². The highest BCUT2D eigenvalue weighted by Gasteiger charge is 2.30. The Morgan fingerprint density at radius 3 is 2.84 bits per heavy atom. The summed E-state index contributed by atoms with van der Waals surface area (Å²) in [7, 11) is 2.00. The van der Waals surface area contributed by atoms with Gasteiger partial charge in [0.2, 0.25) is 0 Å². The van der Waals surface area contributed by atoms with Crippen molar-refractivity contribution in [2.45, 2.75) is 18.6 Å². The lowest BCUT2D eigenvalue weighted by atomic mass is 9.96. The van der Waals surface area contributed by atoms with Crippen molar-refractivity contribution in [3.8, 4) is 5.75 Å². The van der Waals surface area contributed by atoms with Crippen molar-refractivity contribution < 1.29 is 4.74 Å². The largest absolute Gasteiger partial charge is 0.484 e. The van der Waals surface area contributed by atoms with Crippen LogP contribution in [0, 0.1) is 0 Å². The highest BCUT2D eigenvalue weighted by Crippen LogP contribution is 2.44. The molecule has 1 aliphatic heterocycles. The van der Waals surface area contributed by atoms with Gasteiger partial charge in [-0.3, -0.25) is 0 Å². The fourth-order valence-corrected chi connectivity index (χ4v) is 4.42. The standard InChI is InChI=1S/C14H13Br2NOS/c1-17-11-7-13(14-10(16)4-5-19-14)18-12-6-8(15)2-3-9(11)12/h2-6,11,13,17H,7H2,1H3. The molecule has 0 amide bonds. The molecule has 2 aromatic rings. The SMILES string of the molecule is CNC1CC(c2sccc2Br)Oc2cc(Br)ccc21. The average molecular weight is 403 g/mol. The van der Waals surface area contributed by atoms with E-state index in [1.165, 1.54) is 10.4 Å². The minimum absolute atomic E-state index is 0.105. The van der Waals surface area contributed by atoms with Gasteiger partial charge in [-0.05, 0) is 46.6 Å². The van der Waals surface area contributed by atoms with Crippen LogP contribution in [0.4, 0.5) is 0 Å². The summed E-state index contributed by atoms with van der Waals surface area (Å²) < 4.78 is 8.36. The third-order valence-corrected chi connectivity index (χ3v) is 5.81. The Kier molecular flexibility index (Phi) is 3.98. The number of rotatable bonds is 2. The molecular weight excluding hydrogens is 390 g/mol. The van der Waals surface area contributed by atoms with Crippen molar-refractivity contribution >= 4 is 43.2 Å². The minimum atomic E-state index is 0.105. The number of fused-ring (bicyclic) bond motifs is 1. The van der Waals surface area contributed by atoms with E-state index in [-0.39, 0.29) is 6.10 Å². The van der Waals surface area contributed by atoms with Crippen molar-refractivity contribution in [2.24, 2.45) is 0 Å². The molecule has 2 unspecified atom stereocenters. The summed E-state index contributed by atoms with van der Waals surface area (Å²) in [6.07, 6.45) is 1.05. The summed E-state index contributed by atoms with van der Waals surface area (Å²) in [5, 5.41) is 5.48. The number of ether oxygens (including phenoxy) is 1. The summed E-state index contributed by atoms with van der Waals surface area (Å²) in [6, 6.07) is 8.64. The van der Waals surface area contributed by atoms with Crippen LogP contribution < -0.4 is 10.1 Å². The molecule has 0 saturated carbocycles. The van der Waals surface area contributed by atoms with Gasteiger partial charge in [-0.2, -0.15) is 0 Å². The van der Waals surface area contributed by atoms with Gasteiger partial charge in [0.1, 0.15) is 11.9 Å². The molecule has 1 N–H and O–H groups in total. The molecule has 2 heterocycles. The molecule has 3 rings (SSSR count). The molecule has 0 aliphatic carbocycles. The quantitative estimate of drug-likeness (QED) is 0.758. The highest BCUT2D eigenvalue weighted by molar-refractivity contribution is 9.10. The van der Waals surface area contributed by atoms with Gasteiger partial charge in [0.15, 0.2) is 0 Å². The van der Waals surface area contributed by atoms with E-state index in [9.17, 15) is 0 Å². The minimum Gasteiger partial charge on any atom is -0.484 e. The van der Waals surface area contributed by atoms with E-state index in [2.05, 4.69) is 60.8 Å². The van der Waals surface area contributed by atoms with E-state index < -0.39 is 0 Å². The van der Waals surface area contributed by atoms with Crippen LogP contribution in [-0.4, -0.2) is 7.05 Å². The first-order valence-corrected chi connectivity index (χ1v) is 8.52. The van der Waals surface area contributed by atoms with Crippen molar-refractivity contribution in [3.63, 3.8) is 0 Å². The third kappa shape index (κ3) is 2.61. The maximum Gasteiger partial charge on any atom is 0.136 e. The predicted molar refractivity (Wildman–Crippen MR) is 85.9 cm³/mol. The van der Waals surface area contributed by atoms with E-state index in [1.54, 1.807) is 11.3 Å². The average Bonchev–Trinajstić information content (AvgIpc) is 2.83. The maximum absolute atomic E-state index is 6.18. The Balaban J connectivity index is 1.99. The van der Waals surface area contributed by atoms with E-state index in [4.69, 9.17) is 4.74 Å². The van der Waals surface area contributed by atoms with Gasteiger partial charge >= 0.3 is 0 Å². The Morgan fingerprint density at radius 1 is 1.32 bits per heavy atom. The molecule has 2 nitrogen and oxygen atoms in total. The van der Waals surface area contributed by atoms with Crippen LogP contribution in [0.25, 0.3) is 0 Å². The van der Waals surface area contributed by atoms with Crippen LogP contribution in [0.3, 0.4) is 0 Å². The predicted octanol–water partition coefficient (Wildman–Crippen LogP) is 5.06. The van der Waals surface area contributed by atoms with Gasteiger partial charge < -0.3 is 10.1 Å². The zero-order chi connectivity index (χ0) is 13.4. The van der Waals surface area contributed by atoms with Crippen LogP contribution in [0.1, 0.15) is 29.0 Å². The Morgan fingerprint density at radius 2 is 2.16 bits per heavy atom. The van der Waals surface area contributed by atoms with Crippen molar-refractivity contribution in [2.75, 3.05) is 7.05 Å². The molecule has 0 spiro atoms. The van der Waals surface area contributed by atoms with Gasteiger partial charge in [0, 0.05) is 27.0 Å². The van der Waals surface area contributed by atoms with Crippen molar-refractivity contribution in [1.29, 1.82) is 0 Å². The highest BCUT2D eigenvalue weighted by atomic mass is 79.9. The molecule has 1 aromatic heterocycles. The third-order valence-electron chi connectivity index (χ3n) is 3.36. The van der Waals surface area contributed by atoms with Gasteiger partial charge in [0.05, 0.1) is 4.88 Å². The second-order valence-electron chi connectivity index (χ2n) is 4.50. The fourth-order valence-electron chi connectivity index (χ4n) is 2.41. The van der Waals surface area contributed by atoms with E-state index in [0.717, 1.165) is 21.1 Å². The molecule has 0 fully saturated rings. The second-order valence-corrected chi connectivity index (χ2v) is 7.22. The molecule has 0 bridgehead atoms. The van der Waals surface area contributed by atoms with Gasteiger partial charge in [-0.25, -0.2) is 0 Å². The van der Waals surface area contributed by atoms with Gasteiger partial charge in [-0.15, -0.1) is 11.3 Å². The number of thiophene rings is 1. The van der Waals surface area contributed by atoms with E-state index in [0.29, 0.717) is 6.04 Å². The number of benzene rings is 1.